The van der Waals surface area contributed by atoms with Crippen molar-refractivity contribution in [1.29, 1.82) is 0 Å². The lowest BCUT2D eigenvalue weighted by Crippen LogP contribution is -1.84. The van der Waals surface area contributed by atoms with Crippen LogP contribution in [-0.2, 0) is 0 Å². The van der Waals surface area contributed by atoms with Gasteiger partial charge in [0, 0.05) is 5.56 Å². The monoisotopic (exact) mass is 184 g/mol. The van der Waals surface area contributed by atoms with E-state index in [9.17, 15) is 5.11 Å². The van der Waals surface area contributed by atoms with Crippen LogP contribution in [0.3, 0.4) is 0 Å². The molecule has 0 radical (unpaired) electrons. The van der Waals surface area contributed by atoms with E-state index in [1.807, 2.05) is 49.4 Å². The van der Waals surface area contributed by atoms with Gasteiger partial charge in [-0.2, -0.15) is 0 Å². The molecule has 0 heterocycles. The van der Waals surface area contributed by atoms with E-state index >= 15 is 0 Å². The van der Waals surface area contributed by atoms with Crippen LogP contribution in [0.5, 0.6) is 0 Å². The Morgan fingerprint density at radius 1 is 1.07 bits per heavy atom. The molecule has 14 heavy (non-hydrogen) atoms. The standard InChI is InChI=1S/C13H12O/c1-2-13(14)12-9-5-7-10-6-3-4-8-11(10)12/h2-9,14H,1H3. The van der Waals surface area contributed by atoms with Gasteiger partial charge < -0.3 is 5.11 Å². The van der Waals surface area contributed by atoms with E-state index in [1.54, 1.807) is 6.08 Å². The lowest BCUT2D eigenvalue weighted by atomic mass is 10.0. The first-order valence-corrected chi connectivity index (χ1v) is 4.66. The molecule has 1 heteroatoms. The molecule has 0 saturated carbocycles. The van der Waals surface area contributed by atoms with Crippen molar-refractivity contribution in [3.05, 3.63) is 54.1 Å². The van der Waals surface area contributed by atoms with Crippen molar-refractivity contribution in [2.24, 2.45) is 0 Å². The molecule has 2 aromatic carbocycles. The van der Waals surface area contributed by atoms with E-state index in [0.717, 1.165) is 16.3 Å². The summed E-state index contributed by atoms with van der Waals surface area (Å²) < 4.78 is 0. The summed E-state index contributed by atoms with van der Waals surface area (Å²) in [4.78, 5) is 0. The van der Waals surface area contributed by atoms with Gasteiger partial charge in [-0.25, -0.2) is 0 Å². The zero-order valence-corrected chi connectivity index (χ0v) is 8.07. The van der Waals surface area contributed by atoms with Gasteiger partial charge in [0.1, 0.15) is 5.76 Å². The van der Waals surface area contributed by atoms with Crippen molar-refractivity contribution in [3.8, 4) is 0 Å². The third-order valence-corrected chi connectivity index (χ3v) is 2.34. The first kappa shape index (κ1) is 8.82. The van der Waals surface area contributed by atoms with Gasteiger partial charge in [0.2, 0.25) is 0 Å². The highest BCUT2D eigenvalue weighted by Gasteiger charge is 2.02. The number of hydrogen-bond acceptors (Lipinski definition) is 1. The van der Waals surface area contributed by atoms with Crippen molar-refractivity contribution in [3.63, 3.8) is 0 Å². The molecule has 0 fully saturated rings. The van der Waals surface area contributed by atoms with E-state index in [1.165, 1.54) is 0 Å². The Hall–Kier alpha value is -1.76. The molecular weight excluding hydrogens is 172 g/mol. The second-order valence-corrected chi connectivity index (χ2v) is 3.20. The topological polar surface area (TPSA) is 20.2 Å². The number of rotatable bonds is 1. The summed E-state index contributed by atoms with van der Waals surface area (Å²) in [5, 5.41) is 11.9. The van der Waals surface area contributed by atoms with E-state index in [-0.39, 0.29) is 0 Å². The number of allylic oxidation sites excluding steroid dienone is 1. The van der Waals surface area contributed by atoms with Crippen molar-refractivity contribution in [2.75, 3.05) is 0 Å². The van der Waals surface area contributed by atoms with E-state index in [2.05, 4.69) is 0 Å². The molecule has 0 aliphatic rings. The van der Waals surface area contributed by atoms with Gasteiger partial charge in [-0.15, -0.1) is 0 Å². The molecule has 0 aliphatic carbocycles. The predicted molar refractivity (Wildman–Crippen MR) is 60.2 cm³/mol. The highest BCUT2D eigenvalue weighted by Crippen LogP contribution is 2.23. The van der Waals surface area contributed by atoms with Gasteiger partial charge >= 0.3 is 0 Å². The Morgan fingerprint density at radius 3 is 2.57 bits per heavy atom. The largest absolute Gasteiger partial charge is 0.508 e. The Kier molecular flexibility index (Phi) is 2.23. The van der Waals surface area contributed by atoms with Crippen LogP contribution in [-0.4, -0.2) is 5.11 Å². The average molecular weight is 184 g/mol. The molecular formula is C13H12O. The van der Waals surface area contributed by atoms with Crippen LogP contribution in [0.15, 0.2) is 48.5 Å². The molecule has 0 unspecified atom stereocenters. The van der Waals surface area contributed by atoms with Gasteiger partial charge in [-0.3, -0.25) is 0 Å². The summed E-state index contributed by atoms with van der Waals surface area (Å²) in [6.45, 7) is 1.83. The number of benzene rings is 2. The summed E-state index contributed by atoms with van der Waals surface area (Å²) in [5.74, 6) is 0.335. The first-order valence-electron chi connectivity index (χ1n) is 4.66. The number of aliphatic hydroxyl groups is 1. The molecule has 0 saturated heterocycles. The molecule has 2 rings (SSSR count). The highest BCUT2D eigenvalue weighted by molar-refractivity contribution is 5.92. The molecule has 1 N–H and O–H groups in total. The molecule has 0 atom stereocenters. The van der Waals surface area contributed by atoms with Crippen LogP contribution >= 0.6 is 0 Å². The van der Waals surface area contributed by atoms with Crippen molar-refractivity contribution in [2.45, 2.75) is 6.92 Å². The Morgan fingerprint density at radius 2 is 1.79 bits per heavy atom. The average Bonchev–Trinajstić information content (AvgIpc) is 2.27. The summed E-state index contributed by atoms with van der Waals surface area (Å²) in [7, 11) is 0. The predicted octanol–water partition coefficient (Wildman–Crippen LogP) is 3.76. The maximum absolute atomic E-state index is 9.69. The van der Waals surface area contributed by atoms with Crippen molar-refractivity contribution >= 4 is 16.5 Å². The van der Waals surface area contributed by atoms with Crippen LogP contribution in [0.1, 0.15) is 12.5 Å². The van der Waals surface area contributed by atoms with Gasteiger partial charge in [0.05, 0.1) is 0 Å². The Balaban J connectivity index is 2.77. The molecule has 0 spiro atoms. The molecule has 0 aromatic heterocycles. The zero-order valence-electron chi connectivity index (χ0n) is 8.07. The maximum Gasteiger partial charge on any atom is 0.119 e. The Bertz CT molecular complexity index is 478. The van der Waals surface area contributed by atoms with Crippen LogP contribution in [0.25, 0.3) is 16.5 Å². The van der Waals surface area contributed by atoms with E-state index in [0.29, 0.717) is 5.76 Å². The molecule has 2 aromatic rings. The van der Waals surface area contributed by atoms with Crippen molar-refractivity contribution in [1.82, 2.24) is 0 Å². The quantitative estimate of drug-likeness (QED) is 0.669. The Labute approximate surface area is 83.3 Å². The van der Waals surface area contributed by atoms with Crippen LogP contribution in [0, 0.1) is 0 Å². The minimum Gasteiger partial charge on any atom is -0.508 e. The number of hydrogen-bond donors (Lipinski definition) is 1. The van der Waals surface area contributed by atoms with E-state index < -0.39 is 0 Å². The van der Waals surface area contributed by atoms with Crippen LogP contribution < -0.4 is 0 Å². The summed E-state index contributed by atoms with van der Waals surface area (Å²) in [6, 6.07) is 14.0. The normalized spacial score (nSPS) is 11.9. The minimum absolute atomic E-state index is 0.335. The number of aliphatic hydroxyl groups excluding tert-OH is 1. The fourth-order valence-electron chi connectivity index (χ4n) is 1.60. The third-order valence-electron chi connectivity index (χ3n) is 2.34. The van der Waals surface area contributed by atoms with Crippen LogP contribution in [0.4, 0.5) is 0 Å². The first-order chi connectivity index (χ1) is 6.83. The molecule has 70 valence electrons. The minimum atomic E-state index is 0.335. The van der Waals surface area contributed by atoms with Crippen molar-refractivity contribution < 1.29 is 5.11 Å². The number of fused-ring (bicyclic) bond motifs is 1. The molecule has 1 nitrogen and oxygen atoms in total. The van der Waals surface area contributed by atoms with Gasteiger partial charge in [-0.05, 0) is 23.8 Å². The van der Waals surface area contributed by atoms with Crippen LogP contribution in [0.2, 0.25) is 0 Å². The second-order valence-electron chi connectivity index (χ2n) is 3.20. The fraction of sp³-hybridized carbons (Fsp3) is 0.0769. The van der Waals surface area contributed by atoms with Gasteiger partial charge in [-0.1, -0.05) is 42.5 Å². The lowest BCUT2D eigenvalue weighted by Gasteiger charge is -2.04. The second kappa shape index (κ2) is 3.54. The SMILES string of the molecule is CC=C(O)c1cccc2ccccc12. The summed E-state index contributed by atoms with van der Waals surface area (Å²) in [6.07, 6.45) is 1.71. The van der Waals surface area contributed by atoms with E-state index in [4.69, 9.17) is 0 Å². The summed E-state index contributed by atoms with van der Waals surface area (Å²) in [5.41, 5.74) is 0.894. The zero-order chi connectivity index (χ0) is 9.97. The molecule has 0 aliphatic heterocycles. The third kappa shape index (κ3) is 1.37. The van der Waals surface area contributed by atoms with Gasteiger partial charge in [0.25, 0.3) is 0 Å². The fourth-order valence-corrected chi connectivity index (χ4v) is 1.60. The molecule has 0 bridgehead atoms. The summed E-state index contributed by atoms with van der Waals surface area (Å²) >= 11 is 0. The maximum atomic E-state index is 9.69. The lowest BCUT2D eigenvalue weighted by molar-refractivity contribution is 0.512. The highest BCUT2D eigenvalue weighted by atomic mass is 16.3. The smallest absolute Gasteiger partial charge is 0.119 e. The molecule has 0 amide bonds. The van der Waals surface area contributed by atoms with Gasteiger partial charge in [0.15, 0.2) is 0 Å².